The second-order valence-electron chi connectivity index (χ2n) is 5.14. The maximum atomic E-state index is 12.1. The maximum Gasteiger partial charge on any atom is 0.251 e. The first-order valence-corrected chi connectivity index (χ1v) is 8.41. The van der Waals surface area contributed by atoms with Crippen molar-refractivity contribution in [1.82, 2.24) is 10.6 Å². The molecule has 136 valence electrons. The summed E-state index contributed by atoms with van der Waals surface area (Å²) in [5.74, 6) is 1.00. The second kappa shape index (κ2) is 11.0. The minimum absolute atomic E-state index is 0. The van der Waals surface area contributed by atoms with Crippen LogP contribution >= 0.6 is 28.3 Å². The van der Waals surface area contributed by atoms with Crippen LogP contribution < -0.4 is 20.1 Å². The quantitative estimate of drug-likeness (QED) is 0.631. The van der Waals surface area contributed by atoms with Crippen molar-refractivity contribution in [2.24, 2.45) is 0 Å². The van der Waals surface area contributed by atoms with Gasteiger partial charge in [-0.05, 0) is 42.9 Å². The van der Waals surface area contributed by atoms with Crippen molar-refractivity contribution in [3.8, 4) is 11.5 Å². The van der Waals surface area contributed by atoms with Gasteiger partial charge in [0, 0.05) is 23.1 Å². The molecular formula is C18H22BrClN2O3. The number of halogens is 2. The van der Waals surface area contributed by atoms with Gasteiger partial charge in [0.2, 0.25) is 0 Å². The van der Waals surface area contributed by atoms with Gasteiger partial charge in [-0.1, -0.05) is 28.1 Å². The number of hydrogen-bond donors (Lipinski definition) is 2. The van der Waals surface area contributed by atoms with Crippen LogP contribution in [0, 0.1) is 0 Å². The van der Waals surface area contributed by atoms with E-state index in [0.717, 1.165) is 16.6 Å². The van der Waals surface area contributed by atoms with Gasteiger partial charge in [0.1, 0.15) is 6.61 Å². The number of methoxy groups -OCH3 is 1. The summed E-state index contributed by atoms with van der Waals surface area (Å²) in [6, 6.07) is 13.1. The van der Waals surface area contributed by atoms with Crippen molar-refractivity contribution in [3.63, 3.8) is 0 Å². The Kier molecular flexibility index (Phi) is 9.34. The van der Waals surface area contributed by atoms with Crippen LogP contribution in [0.1, 0.15) is 15.9 Å². The Morgan fingerprint density at radius 1 is 1.08 bits per heavy atom. The number of likely N-dealkylation sites (N-methyl/N-ethyl adjacent to an activating group) is 1. The molecule has 0 aliphatic heterocycles. The predicted molar refractivity (Wildman–Crippen MR) is 105 cm³/mol. The standard InChI is InChI=1S/C18H21BrN2O3.ClH/c1-20-9-10-21-18(22)14-5-8-16(17(11-14)23-2)24-12-13-3-6-15(19)7-4-13;/h3-8,11,20H,9-10,12H2,1-2H3,(H,21,22);1H. The molecule has 0 unspecified atom stereocenters. The normalized spacial score (nSPS) is 9.88. The lowest BCUT2D eigenvalue weighted by Crippen LogP contribution is -2.30. The van der Waals surface area contributed by atoms with Crippen molar-refractivity contribution in [2.75, 3.05) is 27.2 Å². The monoisotopic (exact) mass is 428 g/mol. The molecule has 0 atom stereocenters. The van der Waals surface area contributed by atoms with Gasteiger partial charge in [-0.2, -0.15) is 0 Å². The van der Waals surface area contributed by atoms with Crippen LogP contribution in [0.5, 0.6) is 11.5 Å². The Morgan fingerprint density at radius 2 is 1.80 bits per heavy atom. The molecule has 7 heteroatoms. The second-order valence-corrected chi connectivity index (χ2v) is 6.06. The number of carbonyl (C=O) groups excluding carboxylic acids is 1. The van der Waals surface area contributed by atoms with Gasteiger partial charge in [0.05, 0.1) is 7.11 Å². The van der Waals surface area contributed by atoms with Crippen molar-refractivity contribution < 1.29 is 14.3 Å². The Labute approximate surface area is 162 Å². The average Bonchev–Trinajstić information content (AvgIpc) is 2.61. The fourth-order valence-electron chi connectivity index (χ4n) is 2.07. The molecule has 0 aromatic heterocycles. The van der Waals surface area contributed by atoms with Gasteiger partial charge in [-0.15, -0.1) is 12.4 Å². The molecule has 2 rings (SSSR count). The van der Waals surface area contributed by atoms with Crippen LogP contribution in [0.4, 0.5) is 0 Å². The zero-order valence-electron chi connectivity index (χ0n) is 14.2. The molecule has 5 nitrogen and oxygen atoms in total. The minimum Gasteiger partial charge on any atom is -0.493 e. The summed E-state index contributed by atoms with van der Waals surface area (Å²) in [6.07, 6.45) is 0. The lowest BCUT2D eigenvalue weighted by molar-refractivity contribution is 0.0953. The number of nitrogens with one attached hydrogen (secondary N) is 2. The van der Waals surface area contributed by atoms with E-state index in [1.54, 1.807) is 25.3 Å². The largest absolute Gasteiger partial charge is 0.493 e. The molecule has 2 N–H and O–H groups in total. The Balaban J connectivity index is 0.00000312. The zero-order valence-corrected chi connectivity index (χ0v) is 16.6. The summed E-state index contributed by atoms with van der Waals surface area (Å²) in [6.45, 7) is 1.72. The molecule has 2 aromatic carbocycles. The van der Waals surface area contributed by atoms with Gasteiger partial charge in [0.25, 0.3) is 5.91 Å². The third kappa shape index (κ3) is 6.57. The van der Waals surface area contributed by atoms with Crippen LogP contribution in [0.15, 0.2) is 46.9 Å². The van der Waals surface area contributed by atoms with E-state index in [9.17, 15) is 4.79 Å². The third-order valence-corrected chi connectivity index (χ3v) is 3.92. The van der Waals surface area contributed by atoms with Crippen LogP contribution in [-0.2, 0) is 6.61 Å². The summed E-state index contributed by atoms with van der Waals surface area (Å²) in [7, 11) is 3.40. The van der Waals surface area contributed by atoms with Gasteiger partial charge in [0.15, 0.2) is 11.5 Å². The molecule has 0 aliphatic carbocycles. The van der Waals surface area contributed by atoms with E-state index in [1.807, 2.05) is 31.3 Å². The number of ether oxygens (including phenoxy) is 2. The van der Waals surface area contributed by atoms with Crippen molar-refractivity contribution in [1.29, 1.82) is 0 Å². The molecule has 0 saturated heterocycles. The smallest absolute Gasteiger partial charge is 0.251 e. The summed E-state index contributed by atoms with van der Waals surface area (Å²) >= 11 is 3.41. The fraction of sp³-hybridized carbons (Fsp3) is 0.278. The SMILES string of the molecule is CNCCNC(=O)c1ccc(OCc2ccc(Br)cc2)c(OC)c1.Cl. The molecule has 0 fully saturated rings. The van der Waals surface area contributed by atoms with Crippen molar-refractivity contribution in [3.05, 3.63) is 58.1 Å². The van der Waals surface area contributed by atoms with E-state index < -0.39 is 0 Å². The van der Waals surface area contributed by atoms with Crippen LogP contribution in [0.25, 0.3) is 0 Å². The molecular weight excluding hydrogens is 408 g/mol. The molecule has 1 amide bonds. The summed E-state index contributed by atoms with van der Waals surface area (Å²) in [5, 5.41) is 5.81. The zero-order chi connectivity index (χ0) is 17.4. The van der Waals surface area contributed by atoms with Crippen LogP contribution in [0.3, 0.4) is 0 Å². The van der Waals surface area contributed by atoms with E-state index >= 15 is 0 Å². The number of hydrogen-bond acceptors (Lipinski definition) is 4. The first kappa shape index (κ1) is 21.3. The highest BCUT2D eigenvalue weighted by molar-refractivity contribution is 9.10. The topological polar surface area (TPSA) is 59.6 Å². The Hall–Kier alpha value is -1.76. The highest BCUT2D eigenvalue weighted by Crippen LogP contribution is 2.29. The molecule has 0 bridgehead atoms. The number of rotatable bonds is 8. The molecule has 0 radical (unpaired) electrons. The molecule has 0 saturated carbocycles. The average molecular weight is 430 g/mol. The molecule has 0 heterocycles. The summed E-state index contributed by atoms with van der Waals surface area (Å²) < 4.78 is 12.2. The van der Waals surface area contributed by atoms with E-state index in [1.165, 1.54) is 0 Å². The van der Waals surface area contributed by atoms with Gasteiger partial charge < -0.3 is 20.1 Å². The summed E-state index contributed by atoms with van der Waals surface area (Å²) in [4.78, 5) is 12.1. The highest BCUT2D eigenvalue weighted by atomic mass is 79.9. The van der Waals surface area contributed by atoms with Gasteiger partial charge >= 0.3 is 0 Å². The predicted octanol–water partition coefficient (Wildman–Crippen LogP) is 3.41. The summed E-state index contributed by atoms with van der Waals surface area (Å²) in [5.41, 5.74) is 1.59. The van der Waals surface area contributed by atoms with Crippen LogP contribution in [0.2, 0.25) is 0 Å². The highest BCUT2D eigenvalue weighted by Gasteiger charge is 2.11. The van der Waals surface area contributed by atoms with Gasteiger partial charge in [-0.3, -0.25) is 4.79 Å². The molecule has 0 aliphatic rings. The molecule has 25 heavy (non-hydrogen) atoms. The maximum absolute atomic E-state index is 12.1. The molecule has 0 spiro atoms. The first-order chi connectivity index (χ1) is 11.6. The third-order valence-electron chi connectivity index (χ3n) is 3.39. The number of amides is 1. The van der Waals surface area contributed by atoms with Crippen LogP contribution in [-0.4, -0.2) is 33.2 Å². The Morgan fingerprint density at radius 3 is 2.44 bits per heavy atom. The number of carbonyl (C=O) groups is 1. The minimum atomic E-state index is -0.136. The van der Waals surface area contributed by atoms with E-state index in [4.69, 9.17) is 9.47 Å². The van der Waals surface area contributed by atoms with E-state index in [0.29, 0.717) is 30.2 Å². The van der Waals surface area contributed by atoms with Gasteiger partial charge in [-0.25, -0.2) is 0 Å². The van der Waals surface area contributed by atoms with E-state index in [2.05, 4.69) is 26.6 Å². The first-order valence-electron chi connectivity index (χ1n) is 7.62. The molecule has 2 aromatic rings. The fourth-order valence-corrected chi connectivity index (χ4v) is 2.34. The number of benzene rings is 2. The lowest BCUT2D eigenvalue weighted by atomic mass is 10.2. The lowest BCUT2D eigenvalue weighted by Gasteiger charge is -2.12. The Bertz CT molecular complexity index is 681. The van der Waals surface area contributed by atoms with Crippen molar-refractivity contribution >= 4 is 34.2 Å². The van der Waals surface area contributed by atoms with Crippen molar-refractivity contribution in [2.45, 2.75) is 6.61 Å². The van der Waals surface area contributed by atoms with E-state index in [-0.39, 0.29) is 18.3 Å².